The molecule has 1 aromatic rings. The monoisotopic (exact) mass is 225 g/mol. The van der Waals surface area contributed by atoms with Crippen LogP contribution in [-0.4, -0.2) is 39.2 Å². The van der Waals surface area contributed by atoms with Gasteiger partial charge in [0.1, 0.15) is 0 Å². The summed E-state index contributed by atoms with van der Waals surface area (Å²) in [6, 6.07) is 0. The fourth-order valence-corrected chi connectivity index (χ4v) is 1.87. The summed E-state index contributed by atoms with van der Waals surface area (Å²) in [6.45, 7) is 4.20. The molecule has 16 heavy (non-hydrogen) atoms. The van der Waals surface area contributed by atoms with Crippen molar-refractivity contribution in [3.8, 4) is 0 Å². The van der Waals surface area contributed by atoms with Crippen molar-refractivity contribution < 1.29 is 14.4 Å². The van der Waals surface area contributed by atoms with Crippen molar-refractivity contribution in [1.82, 2.24) is 15.0 Å². The standard InChI is InChI=1S/C10H15N3O3/c1-2-8-11-9(16-12-8)6-13-4-7(5-13)3-10(14)15/h7H,2-6H2,1H3,(H,14,15). The van der Waals surface area contributed by atoms with Crippen LogP contribution in [-0.2, 0) is 17.8 Å². The Morgan fingerprint density at radius 1 is 1.62 bits per heavy atom. The topological polar surface area (TPSA) is 79.5 Å². The molecule has 0 amide bonds. The molecule has 0 atom stereocenters. The second kappa shape index (κ2) is 4.61. The number of aromatic nitrogens is 2. The third kappa shape index (κ3) is 2.57. The minimum Gasteiger partial charge on any atom is -0.481 e. The molecule has 0 unspecified atom stereocenters. The van der Waals surface area contributed by atoms with E-state index in [4.69, 9.17) is 9.63 Å². The molecule has 0 aromatic carbocycles. The molecule has 0 spiro atoms. The summed E-state index contributed by atoms with van der Waals surface area (Å²) in [7, 11) is 0. The zero-order valence-corrected chi connectivity index (χ0v) is 9.22. The second-order valence-corrected chi connectivity index (χ2v) is 4.12. The first-order chi connectivity index (χ1) is 7.67. The molecule has 6 nitrogen and oxygen atoms in total. The third-order valence-corrected chi connectivity index (χ3v) is 2.68. The highest BCUT2D eigenvalue weighted by molar-refractivity contribution is 5.67. The average molecular weight is 225 g/mol. The fraction of sp³-hybridized carbons (Fsp3) is 0.700. The number of carboxylic acids is 1. The number of aliphatic carboxylic acids is 1. The van der Waals surface area contributed by atoms with Crippen LogP contribution in [0.15, 0.2) is 4.52 Å². The quantitative estimate of drug-likeness (QED) is 0.787. The number of carbonyl (C=O) groups is 1. The van der Waals surface area contributed by atoms with Crippen molar-refractivity contribution in [3.05, 3.63) is 11.7 Å². The van der Waals surface area contributed by atoms with Gasteiger partial charge in [-0.05, 0) is 5.92 Å². The highest BCUT2D eigenvalue weighted by Crippen LogP contribution is 2.20. The van der Waals surface area contributed by atoms with Crippen molar-refractivity contribution in [2.75, 3.05) is 13.1 Å². The van der Waals surface area contributed by atoms with Gasteiger partial charge in [-0.2, -0.15) is 4.98 Å². The zero-order chi connectivity index (χ0) is 11.5. The van der Waals surface area contributed by atoms with E-state index in [9.17, 15) is 4.79 Å². The van der Waals surface area contributed by atoms with E-state index in [1.165, 1.54) is 0 Å². The largest absolute Gasteiger partial charge is 0.481 e. The van der Waals surface area contributed by atoms with Gasteiger partial charge in [0, 0.05) is 19.5 Å². The molecule has 2 rings (SSSR count). The SMILES string of the molecule is CCc1noc(CN2CC(CC(=O)O)C2)n1. The Morgan fingerprint density at radius 3 is 2.94 bits per heavy atom. The van der Waals surface area contributed by atoms with Crippen LogP contribution < -0.4 is 0 Å². The van der Waals surface area contributed by atoms with Gasteiger partial charge < -0.3 is 9.63 Å². The van der Waals surface area contributed by atoms with Crippen molar-refractivity contribution >= 4 is 5.97 Å². The molecule has 2 heterocycles. The van der Waals surface area contributed by atoms with Crippen molar-refractivity contribution in [2.24, 2.45) is 5.92 Å². The summed E-state index contributed by atoms with van der Waals surface area (Å²) in [6.07, 6.45) is 1.02. The van der Waals surface area contributed by atoms with Gasteiger partial charge in [-0.15, -0.1) is 0 Å². The van der Waals surface area contributed by atoms with Crippen LogP contribution in [0.4, 0.5) is 0 Å². The Bertz CT molecular complexity index is 371. The van der Waals surface area contributed by atoms with E-state index >= 15 is 0 Å². The van der Waals surface area contributed by atoms with E-state index < -0.39 is 5.97 Å². The number of hydrogen-bond acceptors (Lipinski definition) is 5. The predicted molar refractivity (Wildman–Crippen MR) is 54.7 cm³/mol. The molecule has 1 saturated heterocycles. The third-order valence-electron chi connectivity index (χ3n) is 2.68. The van der Waals surface area contributed by atoms with Gasteiger partial charge in [0.25, 0.3) is 0 Å². The van der Waals surface area contributed by atoms with Gasteiger partial charge in [0.2, 0.25) is 5.89 Å². The molecule has 1 aromatic heterocycles. The molecule has 0 bridgehead atoms. The van der Waals surface area contributed by atoms with Crippen LogP contribution in [0.3, 0.4) is 0 Å². The molecule has 1 N–H and O–H groups in total. The first-order valence-corrected chi connectivity index (χ1v) is 5.43. The Morgan fingerprint density at radius 2 is 2.38 bits per heavy atom. The van der Waals surface area contributed by atoms with E-state index in [1.807, 2.05) is 6.92 Å². The molecule has 88 valence electrons. The van der Waals surface area contributed by atoms with E-state index in [0.29, 0.717) is 12.4 Å². The minimum absolute atomic E-state index is 0.251. The van der Waals surface area contributed by atoms with Crippen LogP contribution in [0, 0.1) is 5.92 Å². The first kappa shape index (κ1) is 11.1. The smallest absolute Gasteiger partial charge is 0.303 e. The van der Waals surface area contributed by atoms with Crippen LogP contribution in [0.5, 0.6) is 0 Å². The number of carboxylic acid groups (broad SMARTS) is 1. The van der Waals surface area contributed by atoms with Gasteiger partial charge in [-0.25, -0.2) is 0 Å². The van der Waals surface area contributed by atoms with Crippen molar-refractivity contribution in [3.63, 3.8) is 0 Å². The number of aryl methyl sites for hydroxylation is 1. The maximum atomic E-state index is 10.5. The van der Waals surface area contributed by atoms with Gasteiger partial charge in [-0.3, -0.25) is 9.69 Å². The first-order valence-electron chi connectivity index (χ1n) is 5.43. The maximum Gasteiger partial charge on any atom is 0.303 e. The lowest BCUT2D eigenvalue weighted by molar-refractivity contribution is -0.139. The zero-order valence-electron chi connectivity index (χ0n) is 9.22. The van der Waals surface area contributed by atoms with Gasteiger partial charge in [-0.1, -0.05) is 12.1 Å². The van der Waals surface area contributed by atoms with Gasteiger partial charge >= 0.3 is 5.97 Å². The van der Waals surface area contributed by atoms with E-state index in [2.05, 4.69) is 15.0 Å². The molecule has 0 aliphatic carbocycles. The number of likely N-dealkylation sites (tertiary alicyclic amines) is 1. The molecule has 0 saturated carbocycles. The number of rotatable bonds is 5. The average Bonchev–Trinajstić information content (AvgIpc) is 2.61. The van der Waals surface area contributed by atoms with Crippen molar-refractivity contribution in [1.29, 1.82) is 0 Å². The highest BCUT2D eigenvalue weighted by atomic mass is 16.5. The van der Waals surface area contributed by atoms with Crippen molar-refractivity contribution in [2.45, 2.75) is 26.3 Å². The Labute approximate surface area is 93.2 Å². The molecule has 1 aliphatic heterocycles. The summed E-state index contributed by atoms with van der Waals surface area (Å²) >= 11 is 0. The molecular formula is C10H15N3O3. The maximum absolute atomic E-state index is 10.5. The molecule has 1 aliphatic rings. The van der Waals surface area contributed by atoms with Crippen LogP contribution in [0.1, 0.15) is 25.1 Å². The van der Waals surface area contributed by atoms with E-state index in [1.54, 1.807) is 0 Å². The predicted octanol–water partition coefficient (Wildman–Crippen LogP) is 0.538. The summed E-state index contributed by atoms with van der Waals surface area (Å²) in [4.78, 5) is 16.8. The van der Waals surface area contributed by atoms with Crippen LogP contribution in [0.25, 0.3) is 0 Å². The lowest BCUT2D eigenvalue weighted by atomic mass is 9.97. The summed E-state index contributed by atoms with van der Waals surface area (Å²) in [5.41, 5.74) is 0. The van der Waals surface area contributed by atoms with Gasteiger partial charge in [0.15, 0.2) is 5.82 Å². The van der Waals surface area contributed by atoms with E-state index in [0.717, 1.165) is 25.3 Å². The number of nitrogens with zero attached hydrogens (tertiary/aromatic N) is 3. The normalized spacial score (nSPS) is 17.3. The van der Waals surface area contributed by atoms with Crippen LogP contribution in [0.2, 0.25) is 0 Å². The molecular weight excluding hydrogens is 210 g/mol. The van der Waals surface area contributed by atoms with Gasteiger partial charge in [0.05, 0.1) is 13.0 Å². The molecule has 6 heteroatoms. The van der Waals surface area contributed by atoms with E-state index in [-0.39, 0.29) is 12.3 Å². The number of hydrogen-bond donors (Lipinski definition) is 1. The second-order valence-electron chi connectivity index (χ2n) is 4.12. The summed E-state index contributed by atoms with van der Waals surface area (Å²) in [5, 5.41) is 12.4. The minimum atomic E-state index is -0.726. The highest BCUT2D eigenvalue weighted by Gasteiger charge is 2.29. The molecule has 1 fully saturated rings. The Hall–Kier alpha value is -1.43. The molecule has 0 radical (unpaired) electrons. The summed E-state index contributed by atoms with van der Waals surface area (Å²) in [5.74, 6) is 0.880. The Balaban J connectivity index is 1.74. The van der Waals surface area contributed by atoms with Crippen LogP contribution >= 0.6 is 0 Å². The summed E-state index contributed by atoms with van der Waals surface area (Å²) < 4.78 is 5.06. The lowest BCUT2D eigenvalue weighted by Crippen LogP contribution is -2.46. The fourth-order valence-electron chi connectivity index (χ4n) is 1.87. The lowest BCUT2D eigenvalue weighted by Gasteiger charge is -2.37. The Kier molecular flexibility index (Phi) is 3.19.